The molecule has 3 nitrogen and oxygen atoms in total. The molecule has 0 spiro atoms. The van der Waals surface area contributed by atoms with Crippen LogP contribution in [0, 0.1) is 17.5 Å². The molecule has 0 amide bonds. The van der Waals surface area contributed by atoms with Crippen LogP contribution in [0.25, 0.3) is 0 Å². The summed E-state index contributed by atoms with van der Waals surface area (Å²) in [5.74, 6) is -1.99. The first kappa shape index (κ1) is 21.7. The Morgan fingerprint density at radius 3 is 2.28 bits per heavy atom. The van der Waals surface area contributed by atoms with Crippen molar-refractivity contribution in [2.24, 2.45) is 0 Å². The molecule has 0 N–H and O–H groups in total. The van der Waals surface area contributed by atoms with Crippen molar-refractivity contribution < 1.29 is 27.4 Å². The molecular weight excluding hydrogens is 381 g/mol. The maximum absolute atomic E-state index is 14.3. The molecule has 6 heteroatoms. The van der Waals surface area contributed by atoms with Gasteiger partial charge in [0.1, 0.15) is 5.82 Å². The summed E-state index contributed by atoms with van der Waals surface area (Å²) in [5.41, 5.74) is 1.74. The Kier molecular flexibility index (Phi) is 7.56. The van der Waals surface area contributed by atoms with E-state index in [1.807, 2.05) is 13.0 Å². The summed E-state index contributed by atoms with van der Waals surface area (Å²) in [4.78, 5) is 0. The van der Waals surface area contributed by atoms with E-state index in [1.54, 1.807) is 12.1 Å². The zero-order valence-corrected chi connectivity index (χ0v) is 16.8. The molecule has 1 aliphatic rings. The van der Waals surface area contributed by atoms with Crippen LogP contribution in [0.15, 0.2) is 30.3 Å². The summed E-state index contributed by atoms with van der Waals surface area (Å²) in [6.07, 6.45) is 3.32. The third-order valence-electron chi connectivity index (χ3n) is 5.51. The minimum atomic E-state index is -0.993. The molecule has 158 valence electrons. The molecule has 2 aromatic carbocycles. The Hall–Kier alpha value is -2.05. The quantitative estimate of drug-likeness (QED) is 0.545. The highest BCUT2D eigenvalue weighted by Crippen LogP contribution is 2.35. The average molecular weight is 408 g/mol. The van der Waals surface area contributed by atoms with Crippen molar-refractivity contribution in [2.75, 3.05) is 13.7 Å². The van der Waals surface area contributed by atoms with Crippen LogP contribution in [0.1, 0.15) is 55.2 Å². The number of halogens is 3. The third kappa shape index (κ3) is 5.31. The molecule has 0 unspecified atom stereocenters. The molecule has 0 saturated heterocycles. The van der Waals surface area contributed by atoms with Gasteiger partial charge < -0.3 is 14.2 Å². The smallest absolute Gasteiger partial charge is 0.200 e. The lowest BCUT2D eigenvalue weighted by Gasteiger charge is -2.29. The van der Waals surface area contributed by atoms with Crippen LogP contribution in [-0.4, -0.2) is 19.8 Å². The van der Waals surface area contributed by atoms with E-state index in [4.69, 9.17) is 14.2 Å². The Balaban J connectivity index is 1.52. The van der Waals surface area contributed by atoms with Crippen molar-refractivity contribution in [3.8, 4) is 5.75 Å². The lowest BCUT2D eigenvalue weighted by Crippen LogP contribution is -2.21. The molecule has 0 atom stereocenters. The van der Waals surface area contributed by atoms with Gasteiger partial charge in [-0.15, -0.1) is 0 Å². The maximum atomic E-state index is 14.3. The summed E-state index contributed by atoms with van der Waals surface area (Å²) in [5, 5.41) is 0. The van der Waals surface area contributed by atoms with Gasteiger partial charge in [0, 0.05) is 17.7 Å². The number of benzene rings is 2. The van der Waals surface area contributed by atoms with E-state index in [1.165, 1.54) is 19.2 Å². The van der Waals surface area contributed by atoms with E-state index in [0.717, 1.165) is 31.2 Å². The third-order valence-corrected chi connectivity index (χ3v) is 5.51. The molecule has 1 fully saturated rings. The normalized spacial score (nSPS) is 19.3. The first-order valence-corrected chi connectivity index (χ1v) is 10.0. The Morgan fingerprint density at radius 1 is 0.897 bits per heavy atom. The highest BCUT2D eigenvalue weighted by atomic mass is 19.2. The molecule has 0 heterocycles. The van der Waals surface area contributed by atoms with Gasteiger partial charge >= 0.3 is 0 Å². The van der Waals surface area contributed by atoms with Crippen LogP contribution in [-0.2, 0) is 22.7 Å². The number of hydrogen-bond acceptors (Lipinski definition) is 3. The van der Waals surface area contributed by atoms with Gasteiger partial charge in [-0.1, -0.05) is 12.1 Å². The van der Waals surface area contributed by atoms with Gasteiger partial charge in [0.2, 0.25) is 5.82 Å². The fourth-order valence-corrected chi connectivity index (χ4v) is 3.76. The van der Waals surface area contributed by atoms with E-state index in [2.05, 4.69) is 0 Å². The summed E-state index contributed by atoms with van der Waals surface area (Å²) in [6.45, 7) is 2.74. The predicted molar refractivity (Wildman–Crippen MR) is 104 cm³/mol. The predicted octanol–water partition coefficient (Wildman–Crippen LogP) is 5.89. The zero-order valence-electron chi connectivity index (χ0n) is 16.8. The molecule has 0 bridgehead atoms. The van der Waals surface area contributed by atoms with E-state index in [9.17, 15) is 13.2 Å². The molecule has 0 aliphatic heterocycles. The van der Waals surface area contributed by atoms with Gasteiger partial charge in [0.15, 0.2) is 11.6 Å². The molecule has 0 radical (unpaired) electrons. The summed E-state index contributed by atoms with van der Waals surface area (Å²) >= 11 is 0. The second-order valence-corrected chi connectivity index (χ2v) is 7.33. The average Bonchev–Trinajstić information content (AvgIpc) is 2.74. The Bertz CT molecular complexity index is 817. The van der Waals surface area contributed by atoms with Gasteiger partial charge in [-0.05, 0) is 62.3 Å². The number of methoxy groups -OCH3 is 1. The first-order chi connectivity index (χ1) is 14.0. The molecule has 29 heavy (non-hydrogen) atoms. The SMILES string of the molecule is CCOCc1ccc(C2CCC(OCc3ccc(OC)c(F)c3F)CC2)cc1F. The monoisotopic (exact) mass is 408 g/mol. The second-order valence-electron chi connectivity index (χ2n) is 7.33. The molecule has 2 aromatic rings. The maximum Gasteiger partial charge on any atom is 0.200 e. The summed E-state index contributed by atoms with van der Waals surface area (Å²) in [6, 6.07) is 8.26. The molecular formula is C23H27F3O3. The van der Waals surface area contributed by atoms with Crippen LogP contribution < -0.4 is 4.74 Å². The molecule has 1 saturated carbocycles. The van der Waals surface area contributed by atoms with E-state index in [0.29, 0.717) is 12.2 Å². The minimum Gasteiger partial charge on any atom is -0.494 e. The second kappa shape index (κ2) is 10.1. The van der Waals surface area contributed by atoms with Crippen LogP contribution >= 0.6 is 0 Å². The molecule has 1 aliphatic carbocycles. The van der Waals surface area contributed by atoms with Crippen molar-refractivity contribution in [3.63, 3.8) is 0 Å². The first-order valence-electron chi connectivity index (χ1n) is 10.0. The van der Waals surface area contributed by atoms with E-state index >= 15 is 0 Å². The van der Waals surface area contributed by atoms with Crippen molar-refractivity contribution in [1.29, 1.82) is 0 Å². The van der Waals surface area contributed by atoms with Gasteiger partial charge in [0.25, 0.3) is 0 Å². The van der Waals surface area contributed by atoms with E-state index < -0.39 is 11.6 Å². The van der Waals surface area contributed by atoms with Crippen LogP contribution in [0.3, 0.4) is 0 Å². The standard InChI is InChI=1S/C23H27F3O3/c1-3-28-13-17-5-4-16(12-20(17)24)15-6-9-19(10-7-15)29-14-18-8-11-21(27-2)23(26)22(18)25/h4-5,8,11-12,15,19H,3,6-7,9-10,13-14H2,1-2H3. The van der Waals surface area contributed by atoms with Gasteiger partial charge in [0.05, 0.1) is 26.4 Å². The minimum absolute atomic E-state index is 0.0158. The van der Waals surface area contributed by atoms with Crippen molar-refractivity contribution in [2.45, 2.75) is 57.8 Å². The lowest BCUT2D eigenvalue weighted by molar-refractivity contribution is 0.0118. The van der Waals surface area contributed by atoms with Gasteiger partial charge in [-0.3, -0.25) is 0 Å². The van der Waals surface area contributed by atoms with Crippen LogP contribution in [0.4, 0.5) is 13.2 Å². The van der Waals surface area contributed by atoms with Crippen molar-refractivity contribution in [3.05, 3.63) is 64.5 Å². The van der Waals surface area contributed by atoms with Gasteiger partial charge in [-0.2, -0.15) is 4.39 Å². The van der Waals surface area contributed by atoms with Crippen molar-refractivity contribution in [1.82, 2.24) is 0 Å². The number of hydrogen-bond donors (Lipinski definition) is 0. The molecule has 0 aromatic heterocycles. The number of ether oxygens (including phenoxy) is 3. The highest BCUT2D eigenvalue weighted by Gasteiger charge is 2.24. The zero-order chi connectivity index (χ0) is 20.8. The van der Waals surface area contributed by atoms with E-state index in [-0.39, 0.29) is 42.4 Å². The number of rotatable bonds is 8. The lowest BCUT2D eigenvalue weighted by atomic mass is 9.82. The topological polar surface area (TPSA) is 27.7 Å². The fraction of sp³-hybridized carbons (Fsp3) is 0.478. The molecule has 3 rings (SSSR count). The Labute approximate surface area is 169 Å². The van der Waals surface area contributed by atoms with Gasteiger partial charge in [-0.25, -0.2) is 8.78 Å². The van der Waals surface area contributed by atoms with Crippen molar-refractivity contribution >= 4 is 0 Å². The largest absolute Gasteiger partial charge is 0.494 e. The van der Waals surface area contributed by atoms with Crippen LogP contribution in [0.2, 0.25) is 0 Å². The fourth-order valence-electron chi connectivity index (χ4n) is 3.76. The van der Waals surface area contributed by atoms with Crippen LogP contribution in [0.5, 0.6) is 5.75 Å². The summed E-state index contributed by atoms with van der Waals surface area (Å²) in [7, 11) is 1.30. The highest BCUT2D eigenvalue weighted by molar-refractivity contribution is 5.31. The summed E-state index contributed by atoms with van der Waals surface area (Å²) < 4.78 is 58.0. The Morgan fingerprint density at radius 2 is 1.62 bits per heavy atom.